The van der Waals surface area contributed by atoms with E-state index in [4.69, 9.17) is 16.3 Å². The van der Waals surface area contributed by atoms with Crippen LogP contribution >= 0.6 is 23.4 Å². The van der Waals surface area contributed by atoms with Gasteiger partial charge >= 0.3 is 0 Å². The molecular weight excluding hydrogens is 450 g/mol. The topological polar surface area (TPSA) is 118 Å². The molecule has 8 nitrogen and oxygen atoms in total. The minimum atomic E-state index is -4.08. The van der Waals surface area contributed by atoms with Crippen molar-refractivity contribution in [1.82, 2.24) is 9.97 Å². The molecule has 0 unspecified atom stereocenters. The molecule has 1 aromatic heterocycles. The van der Waals surface area contributed by atoms with Crippen LogP contribution in [0.4, 0.5) is 5.69 Å². The second-order valence-electron chi connectivity index (χ2n) is 5.91. The highest BCUT2D eigenvalue weighted by Crippen LogP contribution is 2.22. The molecule has 0 saturated carbocycles. The number of halogens is 1. The van der Waals surface area contributed by atoms with Crippen molar-refractivity contribution < 1.29 is 17.9 Å². The molecule has 0 aliphatic heterocycles. The number of methoxy groups -OCH3 is 1. The molecular formula is C19H16ClN3O5S2. The number of carbonyl (C=O) groups excluding carboxylic acids is 1. The third kappa shape index (κ3) is 5.21. The Morgan fingerprint density at radius 1 is 1.23 bits per heavy atom. The zero-order chi connectivity index (χ0) is 21.7. The Labute approximate surface area is 181 Å². The van der Waals surface area contributed by atoms with Crippen LogP contribution in [0.15, 0.2) is 74.5 Å². The summed E-state index contributed by atoms with van der Waals surface area (Å²) in [6, 6.07) is 12.5. The molecule has 0 atom stereocenters. The van der Waals surface area contributed by atoms with E-state index in [1.807, 2.05) is 0 Å². The fourth-order valence-corrected chi connectivity index (χ4v) is 4.59. The highest BCUT2D eigenvalue weighted by molar-refractivity contribution is 7.99. The predicted molar refractivity (Wildman–Crippen MR) is 114 cm³/mol. The van der Waals surface area contributed by atoms with E-state index >= 15 is 0 Å². The van der Waals surface area contributed by atoms with Crippen molar-refractivity contribution in [3.05, 3.63) is 70.1 Å². The van der Waals surface area contributed by atoms with Crippen LogP contribution in [-0.4, -0.2) is 37.2 Å². The van der Waals surface area contributed by atoms with Crippen molar-refractivity contribution in [3.63, 3.8) is 0 Å². The summed E-state index contributed by atoms with van der Waals surface area (Å²) >= 11 is 6.80. The highest BCUT2D eigenvalue weighted by atomic mass is 35.5. The minimum Gasteiger partial charge on any atom is -0.497 e. The SMILES string of the molecule is COc1cccc(NC(=O)CSc2ncc(S(=O)(=O)c3cccc(Cl)c3)c(=O)[nH]2)c1. The van der Waals surface area contributed by atoms with Gasteiger partial charge in [0.05, 0.1) is 24.0 Å². The number of nitrogens with zero attached hydrogens (tertiary/aromatic N) is 1. The minimum absolute atomic E-state index is 0.0411. The molecule has 0 radical (unpaired) electrons. The van der Waals surface area contributed by atoms with Crippen LogP contribution in [0.2, 0.25) is 5.02 Å². The number of nitrogens with one attached hydrogen (secondary N) is 2. The molecule has 2 aromatic carbocycles. The normalized spacial score (nSPS) is 11.1. The largest absolute Gasteiger partial charge is 0.497 e. The van der Waals surface area contributed by atoms with Gasteiger partial charge in [-0.15, -0.1) is 0 Å². The number of carbonyl (C=O) groups is 1. The van der Waals surface area contributed by atoms with Gasteiger partial charge in [0.15, 0.2) is 10.1 Å². The first-order valence-corrected chi connectivity index (χ1v) is 11.3. The molecule has 0 spiro atoms. The maximum absolute atomic E-state index is 12.6. The Morgan fingerprint density at radius 3 is 2.70 bits per heavy atom. The lowest BCUT2D eigenvalue weighted by molar-refractivity contribution is -0.113. The summed E-state index contributed by atoms with van der Waals surface area (Å²) in [4.78, 5) is 30.2. The van der Waals surface area contributed by atoms with E-state index in [0.717, 1.165) is 18.0 Å². The molecule has 3 rings (SSSR count). The fraction of sp³-hybridized carbons (Fsp3) is 0.105. The number of thioether (sulfide) groups is 1. The highest BCUT2D eigenvalue weighted by Gasteiger charge is 2.22. The van der Waals surface area contributed by atoms with Gasteiger partial charge in [0.1, 0.15) is 5.75 Å². The molecule has 0 saturated heterocycles. The molecule has 0 bridgehead atoms. The van der Waals surface area contributed by atoms with Gasteiger partial charge in [-0.1, -0.05) is 35.5 Å². The number of ether oxygens (including phenoxy) is 1. The van der Waals surface area contributed by atoms with Gasteiger partial charge in [-0.25, -0.2) is 13.4 Å². The van der Waals surface area contributed by atoms with Gasteiger partial charge in [0.2, 0.25) is 15.7 Å². The molecule has 0 aliphatic rings. The smallest absolute Gasteiger partial charge is 0.270 e. The number of rotatable bonds is 7. The number of H-pyrrole nitrogens is 1. The number of sulfone groups is 1. The van der Waals surface area contributed by atoms with E-state index in [9.17, 15) is 18.0 Å². The summed E-state index contributed by atoms with van der Waals surface area (Å²) in [5.74, 6) is 0.232. The third-order valence-electron chi connectivity index (χ3n) is 3.83. The van der Waals surface area contributed by atoms with Crippen molar-refractivity contribution in [2.75, 3.05) is 18.2 Å². The first-order valence-electron chi connectivity index (χ1n) is 8.46. The van der Waals surface area contributed by atoms with Gasteiger partial charge in [-0.3, -0.25) is 9.59 Å². The van der Waals surface area contributed by atoms with Gasteiger partial charge < -0.3 is 15.0 Å². The summed E-state index contributed by atoms with van der Waals surface area (Å²) in [5.41, 5.74) is -0.273. The molecule has 2 N–H and O–H groups in total. The quantitative estimate of drug-likeness (QED) is 0.406. The van der Waals surface area contributed by atoms with E-state index in [-0.39, 0.29) is 26.7 Å². The first kappa shape index (κ1) is 21.9. The molecule has 156 valence electrons. The summed E-state index contributed by atoms with van der Waals surface area (Å²) < 4.78 is 30.4. The van der Waals surface area contributed by atoms with Crippen molar-refractivity contribution in [2.45, 2.75) is 14.9 Å². The second kappa shape index (κ2) is 9.33. The molecule has 3 aromatic rings. The lowest BCUT2D eigenvalue weighted by Crippen LogP contribution is -2.20. The summed E-state index contributed by atoms with van der Waals surface area (Å²) in [6.45, 7) is 0. The Morgan fingerprint density at radius 2 is 2.00 bits per heavy atom. The number of anilines is 1. The second-order valence-corrected chi connectivity index (χ2v) is 9.23. The zero-order valence-electron chi connectivity index (χ0n) is 15.6. The Kier molecular flexibility index (Phi) is 6.80. The maximum atomic E-state index is 12.6. The molecule has 1 amide bonds. The van der Waals surface area contributed by atoms with Crippen LogP contribution < -0.4 is 15.6 Å². The number of aromatic nitrogens is 2. The summed E-state index contributed by atoms with van der Waals surface area (Å²) in [6.07, 6.45) is 0.970. The Hall–Kier alpha value is -2.82. The van der Waals surface area contributed by atoms with E-state index in [1.54, 1.807) is 24.3 Å². The van der Waals surface area contributed by atoms with Crippen LogP contribution in [-0.2, 0) is 14.6 Å². The predicted octanol–water partition coefficient (Wildman–Crippen LogP) is 3.00. The van der Waals surface area contributed by atoms with Crippen LogP contribution in [0.3, 0.4) is 0 Å². The third-order valence-corrected chi connectivity index (χ3v) is 6.70. The number of aromatic amines is 1. The van der Waals surface area contributed by atoms with Gasteiger partial charge in [-0.05, 0) is 30.3 Å². The molecule has 0 fully saturated rings. The number of benzene rings is 2. The number of hydrogen-bond donors (Lipinski definition) is 2. The van der Waals surface area contributed by atoms with E-state index in [0.29, 0.717) is 11.4 Å². The lowest BCUT2D eigenvalue weighted by atomic mass is 10.3. The van der Waals surface area contributed by atoms with Crippen molar-refractivity contribution in [3.8, 4) is 5.75 Å². The number of hydrogen-bond acceptors (Lipinski definition) is 7. The van der Waals surface area contributed by atoms with Crippen LogP contribution in [0, 0.1) is 0 Å². The molecule has 0 aliphatic carbocycles. The maximum Gasteiger partial charge on any atom is 0.270 e. The van der Waals surface area contributed by atoms with Crippen LogP contribution in [0.5, 0.6) is 5.75 Å². The van der Waals surface area contributed by atoms with Gasteiger partial charge in [-0.2, -0.15) is 0 Å². The van der Waals surface area contributed by atoms with E-state index in [1.165, 1.54) is 31.4 Å². The summed E-state index contributed by atoms with van der Waals surface area (Å²) in [5, 5.41) is 3.04. The Bertz CT molecular complexity index is 1240. The zero-order valence-corrected chi connectivity index (χ0v) is 18.0. The van der Waals surface area contributed by atoms with E-state index in [2.05, 4.69) is 15.3 Å². The van der Waals surface area contributed by atoms with Crippen molar-refractivity contribution in [2.24, 2.45) is 0 Å². The number of amides is 1. The van der Waals surface area contributed by atoms with Crippen LogP contribution in [0.25, 0.3) is 0 Å². The Balaban J connectivity index is 1.69. The van der Waals surface area contributed by atoms with Gasteiger partial charge in [0, 0.05) is 16.8 Å². The molecule has 11 heteroatoms. The van der Waals surface area contributed by atoms with Crippen LogP contribution in [0.1, 0.15) is 0 Å². The van der Waals surface area contributed by atoms with E-state index < -0.39 is 20.3 Å². The standard InChI is InChI=1S/C19H16ClN3O5S2/c1-28-14-6-3-5-13(9-14)22-17(24)11-29-19-21-10-16(18(25)23-19)30(26,27)15-7-2-4-12(20)8-15/h2-10H,11H2,1H3,(H,22,24)(H,21,23,25). The fourth-order valence-electron chi connectivity index (χ4n) is 2.42. The average Bonchev–Trinajstić information content (AvgIpc) is 2.72. The van der Waals surface area contributed by atoms with Gasteiger partial charge in [0.25, 0.3) is 5.56 Å². The lowest BCUT2D eigenvalue weighted by Gasteiger charge is -2.07. The molecule has 30 heavy (non-hydrogen) atoms. The molecule has 1 heterocycles. The first-order chi connectivity index (χ1) is 14.3. The average molecular weight is 466 g/mol. The van der Waals surface area contributed by atoms with Crippen molar-refractivity contribution in [1.29, 1.82) is 0 Å². The van der Waals surface area contributed by atoms with Crippen molar-refractivity contribution >= 4 is 44.8 Å². The summed E-state index contributed by atoms with van der Waals surface area (Å²) in [7, 11) is -2.56. The monoisotopic (exact) mass is 465 g/mol.